The quantitative estimate of drug-likeness (QED) is 0.460. The van der Waals surface area contributed by atoms with Crippen molar-refractivity contribution in [1.29, 1.82) is 0 Å². The van der Waals surface area contributed by atoms with E-state index in [1.54, 1.807) is 13.8 Å². The molecule has 2 aromatic carbocycles. The number of benzene rings is 2. The van der Waals surface area contributed by atoms with Gasteiger partial charge in [0.1, 0.15) is 5.82 Å². The highest BCUT2D eigenvalue weighted by Crippen LogP contribution is 2.52. The molecule has 1 heterocycles. The van der Waals surface area contributed by atoms with Crippen molar-refractivity contribution < 1.29 is 46.2 Å². The van der Waals surface area contributed by atoms with Crippen molar-refractivity contribution >= 4 is 17.6 Å². The number of halogens is 4. The van der Waals surface area contributed by atoms with Crippen LogP contribution in [0.1, 0.15) is 42.6 Å². The second-order valence-corrected chi connectivity index (χ2v) is 10.7. The smallest absolute Gasteiger partial charge is 0.425 e. The maximum atomic E-state index is 15.1. The summed E-state index contributed by atoms with van der Waals surface area (Å²) in [7, 11) is 3.87. The van der Waals surface area contributed by atoms with Gasteiger partial charge in [-0.25, -0.2) is 4.39 Å². The van der Waals surface area contributed by atoms with Crippen LogP contribution in [0.2, 0.25) is 0 Å². The Bertz CT molecular complexity index is 1390. The number of hydrogen-bond acceptors (Lipinski definition) is 6. The van der Waals surface area contributed by atoms with Crippen LogP contribution in [0.15, 0.2) is 47.7 Å². The van der Waals surface area contributed by atoms with Gasteiger partial charge in [0.2, 0.25) is 11.3 Å². The van der Waals surface area contributed by atoms with E-state index in [1.165, 1.54) is 45.6 Å². The van der Waals surface area contributed by atoms with Gasteiger partial charge in [-0.2, -0.15) is 13.2 Å². The molecule has 2 amide bonds. The van der Waals surface area contributed by atoms with Gasteiger partial charge in [-0.3, -0.25) is 14.4 Å². The number of Topliss-reactive ketones (excluding diaryl/α,β-unsaturated/α-hetero) is 1. The largest absolute Gasteiger partial charge is 0.493 e. The van der Waals surface area contributed by atoms with Crippen molar-refractivity contribution in [2.45, 2.75) is 44.8 Å². The predicted octanol–water partition coefficient (Wildman–Crippen LogP) is 4.61. The monoisotopic (exact) mass is 578 g/mol. The van der Waals surface area contributed by atoms with Gasteiger partial charge in [0, 0.05) is 24.2 Å². The highest BCUT2D eigenvalue weighted by atomic mass is 19.4. The lowest BCUT2D eigenvalue weighted by atomic mass is 9.72. The van der Waals surface area contributed by atoms with Crippen LogP contribution in [-0.2, 0) is 16.0 Å². The Balaban J connectivity index is 1.82. The fraction of sp³-hybridized carbons (Fsp3) is 0.414. The molecule has 1 aliphatic heterocycles. The van der Waals surface area contributed by atoms with Crippen LogP contribution in [-0.4, -0.2) is 62.1 Å². The fourth-order valence-corrected chi connectivity index (χ4v) is 5.41. The molecule has 0 unspecified atom stereocenters. The second kappa shape index (κ2) is 10.7. The third-order valence-electron chi connectivity index (χ3n) is 7.31. The van der Waals surface area contributed by atoms with Gasteiger partial charge in [-0.1, -0.05) is 26.0 Å². The van der Waals surface area contributed by atoms with E-state index in [4.69, 9.17) is 14.2 Å². The van der Waals surface area contributed by atoms with Gasteiger partial charge in [-0.05, 0) is 48.1 Å². The molecule has 1 atom stereocenters. The Labute approximate surface area is 234 Å². The Morgan fingerprint density at radius 1 is 0.976 bits per heavy atom. The number of nitrogens with one attached hydrogen (secondary N) is 1. The lowest BCUT2D eigenvalue weighted by molar-refractivity contribution is -0.190. The summed E-state index contributed by atoms with van der Waals surface area (Å²) in [6.07, 6.45) is -5.53. The average molecular weight is 579 g/mol. The van der Waals surface area contributed by atoms with Gasteiger partial charge in [0.25, 0.3) is 11.8 Å². The summed E-state index contributed by atoms with van der Waals surface area (Å²) in [5.41, 5.74) is -4.95. The van der Waals surface area contributed by atoms with Crippen LogP contribution < -0.4 is 19.5 Å². The molecule has 2 aliphatic rings. The maximum Gasteiger partial charge on any atom is 0.425 e. The predicted molar refractivity (Wildman–Crippen MR) is 139 cm³/mol. The Kier molecular flexibility index (Phi) is 7.81. The fourth-order valence-electron chi connectivity index (χ4n) is 5.41. The summed E-state index contributed by atoms with van der Waals surface area (Å²) in [5.74, 6) is -4.00. The zero-order valence-electron chi connectivity index (χ0n) is 23.2. The van der Waals surface area contributed by atoms with E-state index in [9.17, 15) is 18.8 Å². The minimum Gasteiger partial charge on any atom is -0.493 e. The Morgan fingerprint density at radius 2 is 1.56 bits per heavy atom. The number of carbonyl (C=O) groups excluding carboxylic acids is 3. The van der Waals surface area contributed by atoms with Crippen molar-refractivity contribution in [3.05, 3.63) is 64.6 Å². The number of rotatable bonds is 8. The van der Waals surface area contributed by atoms with E-state index in [1.807, 2.05) is 5.32 Å². The summed E-state index contributed by atoms with van der Waals surface area (Å²) >= 11 is 0. The second-order valence-electron chi connectivity index (χ2n) is 10.7. The SMILES string of the molecule is COc1cc(C(=O)N[C@]2(C(F)(F)F)C(=O)N(CCc3ccc(F)cc3)C3=C2C(=O)CC(C)(C)C3)cc(OC)c1OC. The van der Waals surface area contributed by atoms with Crippen LogP contribution in [0.5, 0.6) is 17.2 Å². The van der Waals surface area contributed by atoms with Crippen LogP contribution in [0, 0.1) is 11.2 Å². The molecule has 0 radical (unpaired) electrons. The maximum absolute atomic E-state index is 15.1. The van der Waals surface area contributed by atoms with E-state index in [0.29, 0.717) is 5.56 Å². The van der Waals surface area contributed by atoms with E-state index in [0.717, 1.165) is 17.0 Å². The third kappa shape index (κ3) is 5.22. The standard InChI is InChI=1S/C29H30F4N2O6/c1-27(2)14-19-23(20(36)15-27)28(29(31,32)33,26(38)35(19)11-10-16-6-8-18(30)9-7-16)34-25(37)17-12-21(39-3)24(41-5)22(13-17)40-4/h6-9,12-13H,10-11,14-15H2,1-5H3,(H,34,37)/t28-/m0/s1. The summed E-state index contributed by atoms with van der Waals surface area (Å²) in [6, 6.07) is 7.63. The molecule has 0 fully saturated rings. The van der Waals surface area contributed by atoms with Crippen molar-refractivity contribution in [3.63, 3.8) is 0 Å². The highest BCUT2D eigenvalue weighted by Gasteiger charge is 2.71. The molecular weight excluding hydrogens is 548 g/mol. The van der Waals surface area contributed by atoms with Crippen LogP contribution in [0.4, 0.5) is 17.6 Å². The molecule has 1 N–H and O–H groups in total. The molecule has 1 aliphatic carbocycles. The molecule has 41 heavy (non-hydrogen) atoms. The number of carbonyl (C=O) groups is 3. The first-order chi connectivity index (χ1) is 19.2. The number of amides is 2. The average Bonchev–Trinajstić information content (AvgIpc) is 3.14. The molecule has 4 rings (SSSR count). The molecule has 2 aromatic rings. The molecule has 8 nitrogen and oxygen atoms in total. The normalized spacial score (nSPS) is 20.2. The number of ether oxygens (including phenoxy) is 3. The van der Waals surface area contributed by atoms with Crippen molar-refractivity contribution in [2.24, 2.45) is 5.41 Å². The molecule has 0 aromatic heterocycles. The summed E-state index contributed by atoms with van der Waals surface area (Å²) in [4.78, 5) is 41.6. The van der Waals surface area contributed by atoms with E-state index in [-0.39, 0.29) is 54.3 Å². The van der Waals surface area contributed by atoms with Crippen LogP contribution >= 0.6 is 0 Å². The number of hydrogen-bond donors (Lipinski definition) is 1. The molecule has 0 saturated carbocycles. The zero-order chi connectivity index (χ0) is 30.3. The minimum absolute atomic E-state index is 0.00110. The van der Waals surface area contributed by atoms with Gasteiger partial charge >= 0.3 is 6.18 Å². The summed E-state index contributed by atoms with van der Waals surface area (Å²) in [6.45, 7) is 3.23. The zero-order valence-corrected chi connectivity index (χ0v) is 23.2. The Morgan fingerprint density at radius 3 is 2.07 bits per heavy atom. The number of ketones is 1. The van der Waals surface area contributed by atoms with Crippen molar-refractivity contribution in [2.75, 3.05) is 27.9 Å². The van der Waals surface area contributed by atoms with Crippen LogP contribution in [0.3, 0.4) is 0 Å². The molecule has 220 valence electrons. The number of alkyl halides is 3. The highest BCUT2D eigenvalue weighted by molar-refractivity contribution is 6.14. The first-order valence-corrected chi connectivity index (χ1v) is 12.7. The summed E-state index contributed by atoms with van der Waals surface area (Å²) < 4.78 is 74.3. The van der Waals surface area contributed by atoms with Crippen LogP contribution in [0.25, 0.3) is 0 Å². The van der Waals surface area contributed by atoms with Gasteiger partial charge in [-0.15, -0.1) is 0 Å². The number of allylic oxidation sites excluding steroid dienone is 1. The van der Waals surface area contributed by atoms with Gasteiger partial charge in [0.05, 0.1) is 26.9 Å². The number of nitrogens with zero attached hydrogens (tertiary/aromatic N) is 1. The first-order valence-electron chi connectivity index (χ1n) is 12.7. The lowest BCUT2D eigenvalue weighted by Gasteiger charge is -2.35. The van der Waals surface area contributed by atoms with E-state index in [2.05, 4.69) is 0 Å². The molecule has 0 bridgehead atoms. The van der Waals surface area contributed by atoms with E-state index >= 15 is 13.2 Å². The number of methoxy groups -OCH3 is 3. The topological polar surface area (TPSA) is 94.2 Å². The van der Waals surface area contributed by atoms with E-state index < -0.39 is 46.1 Å². The Hall–Kier alpha value is -4.09. The van der Waals surface area contributed by atoms with Gasteiger partial charge in [0.15, 0.2) is 17.3 Å². The van der Waals surface area contributed by atoms with Crippen molar-refractivity contribution in [1.82, 2.24) is 10.2 Å². The molecule has 0 spiro atoms. The first kappa shape index (κ1) is 29.9. The lowest BCUT2D eigenvalue weighted by Crippen LogP contribution is -2.66. The molecular formula is C29H30F4N2O6. The molecule has 0 saturated heterocycles. The van der Waals surface area contributed by atoms with Crippen molar-refractivity contribution in [3.8, 4) is 17.2 Å². The molecule has 12 heteroatoms. The van der Waals surface area contributed by atoms with Gasteiger partial charge < -0.3 is 24.4 Å². The summed E-state index contributed by atoms with van der Waals surface area (Å²) in [5, 5.41) is 1.90. The third-order valence-corrected chi connectivity index (χ3v) is 7.31. The minimum atomic E-state index is -5.37.